The van der Waals surface area contributed by atoms with Crippen LogP contribution in [0.25, 0.3) is 0 Å². The number of carbonyl (C=O) groups excluding carboxylic acids is 3. The lowest BCUT2D eigenvalue weighted by atomic mass is 10.1. The fourth-order valence-corrected chi connectivity index (χ4v) is 2.37. The van der Waals surface area contributed by atoms with Crippen LogP contribution in [0, 0.1) is 0 Å². The molecule has 1 N–H and O–H groups in total. The maximum Gasteiger partial charge on any atom is 0.265 e. The molecule has 1 aliphatic rings. The van der Waals surface area contributed by atoms with E-state index in [1.165, 1.54) is 9.80 Å². The van der Waals surface area contributed by atoms with E-state index in [0.717, 1.165) is 0 Å². The third kappa shape index (κ3) is 4.04. The van der Waals surface area contributed by atoms with E-state index in [9.17, 15) is 14.4 Å². The molecule has 0 atom stereocenters. The number of hydrogen-bond acceptors (Lipinski definition) is 4. The van der Waals surface area contributed by atoms with Crippen molar-refractivity contribution in [2.45, 2.75) is 26.3 Å². The maximum atomic E-state index is 12.2. The zero-order valence-corrected chi connectivity index (χ0v) is 14.7. The molecule has 0 unspecified atom stereocenters. The number of nitrogens with zero attached hydrogens (tertiary/aromatic N) is 2. The third-order valence-electron chi connectivity index (χ3n) is 3.37. The van der Waals surface area contributed by atoms with Gasteiger partial charge in [0.1, 0.15) is 12.3 Å². The number of carbonyl (C=O) groups is 3. The molecule has 0 saturated carbocycles. The van der Waals surface area contributed by atoms with Gasteiger partial charge in [-0.25, -0.2) is 0 Å². The fraction of sp³-hybridized carbons (Fsp3) is 0.471. The SMILES string of the molecule is CN(C)C(=O)c1ccc2c(c1)N(CC(=O)NC(C)(C)C)C(=O)CO2. The van der Waals surface area contributed by atoms with Crippen LogP contribution >= 0.6 is 0 Å². The highest BCUT2D eigenvalue weighted by Crippen LogP contribution is 2.33. The summed E-state index contributed by atoms with van der Waals surface area (Å²) in [5.41, 5.74) is 0.471. The summed E-state index contributed by atoms with van der Waals surface area (Å²) in [6, 6.07) is 4.87. The highest BCUT2D eigenvalue weighted by atomic mass is 16.5. The largest absolute Gasteiger partial charge is 0.482 e. The smallest absolute Gasteiger partial charge is 0.265 e. The van der Waals surface area contributed by atoms with Gasteiger partial charge in [0.25, 0.3) is 11.8 Å². The van der Waals surface area contributed by atoms with Gasteiger partial charge in [0, 0.05) is 25.2 Å². The second-order valence-corrected chi connectivity index (χ2v) is 6.95. The van der Waals surface area contributed by atoms with Crippen molar-refractivity contribution in [3.05, 3.63) is 23.8 Å². The van der Waals surface area contributed by atoms with Crippen molar-refractivity contribution in [1.29, 1.82) is 0 Å². The van der Waals surface area contributed by atoms with Crippen molar-refractivity contribution in [2.75, 3.05) is 32.1 Å². The molecular formula is C17H23N3O4. The zero-order valence-electron chi connectivity index (χ0n) is 14.7. The lowest BCUT2D eigenvalue weighted by molar-refractivity contribution is -0.126. The molecule has 2 rings (SSSR count). The van der Waals surface area contributed by atoms with E-state index in [4.69, 9.17) is 4.74 Å². The highest BCUT2D eigenvalue weighted by molar-refractivity contribution is 6.04. The Balaban J connectivity index is 2.31. The van der Waals surface area contributed by atoms with Gasteiger partial charge in [0.05, 0.1) is 5.69 Å². The lowest BCUT2D eigenvalue weighted by Crippen LogP contribution is -2.49. The molecule has 0 fully saturated rings. The number of nitrogens with one attached hydrogen (secondary N) is 1. The van der Waals surface area contributed by atoms with E-state index in [1.54, 1.807) is 32.3 Å². The first-order valence-corrected chi connectivity index (χ1v) is 7.68. The standard InChI is InChI=1S/C17H23N3O4/c1-17(2,3)18-14(21)9-20-12-8-11(16(23)19(4)5)6-7-13(12)24-10-15(20)22/h6-8H,9-10H2,1-5H3,(H,18,21). The summed E-state index contributed by atoms with van der Waals surface area (Å²) in [6.45, 7) is 5.36. The molecule has 1 aromatic carbocycles. The van der Waals surface area contributed by atoms with E-state index in [1.807, 2.05) is 20.8 Å². The lowest BCUT2D eigenvalue weighted by Gasteiger charge is -2.30. The third-order valence-corrected chi connectivity index (χ3v) is 3.37. The van der Waals surface area contributed by atoms with Crippen LogP contribution in [0.15, 0.2) is 18.2 Å². The van der Waals surface area contributed by atoms with Gasteiger partial charge >= 0.3 is 0 Å². The summed E-state index contributed by atoms with van der Waals surface area (Å²) < 4.78 is 5.40. The Morgan fingerprint density at radius 1 is 1.29 bits per heavy atom. The Morgan fingerprint density at radius 2 is 1.96 bits per heavy atom. The van der Waals surface area contributed by atoms with Crippen LogP contribution in [0.1, 0.15) is 31.1 Å². The van der Waals surface area contributed by atoms with E-state index in [0.29, 0.717) is 17.0 Å². The second-order valence-electron chi connectivity index (χ2n) is 6.95. The van der Waals surface area contributed by atoms with Gasteiger partial charge in [-0.15, -0.1) is 0 Å². The maximum absolute atomic E-state index is 12.2. The topological polar surface area (TPSA) is 79.0 Å². The minimum absolute atomic E-state index is 0.119. The number of benzene rings is 1. The Kier molecular flexibility index (Phi) is 4.82. The Morgan fingerprint density at radius 3 is 2.54 bits per heavy atom. The van der Waals surface area contributed by atoms with E-state index >= 15 is 0 Å². The summed E-state index contributed by atoms with van der Waals surface area (Å²) in [7, 11) is 3.30. The van der Waals surface area contributed by atoms with Gasteiger partial charge in [-0.05, 0) is 39.0 Å². The molecule has 0 aliphatic carbocycles. The summed E-state index contributed by atoms with van der Waals surface area (Å²) in [4.78, 5) is 39.3. The molecule has 7 heteroatoms. The van der Waals surface area contributed by atoms with Gasteiger partial charge in [-0.2, -0.15) is 0 Å². The summed E-state index contributed by atoms with van der Waals surface area (Å²) in [5.74, 6) is -0.294. The van der Waals surface area contributed by atoms with E-state index < -0.39 is 5.54 Å². The molecule has 0 spiro atoms. The summed E-state index contributed by atoms with van der Waals surface area (Å²) in [6.07, 6.45) is 0. The van der Waals surface area contributed by atoms with Gasteiger partial charge in [0.2, 0.25) is 5.91 Å². The van der Waals surface area contributed by atoms with Crippen LogP contribution in [0.2, 0.25) is 0 Å². The molecule has 24 heavy (non-hydrogen) atoms. The molecule has 1 aromatic rings. The molecule has 130 valence electrons. The minimum Gasteiger partial charge on any atom is -0.482 e. The van der Waals surface area contributed by atoms with Crippen molar-refractivity contribution < 1.29 is 19.1 Å². The average molecular weight is 333 g/mol. The Bertz CT molecular complexity index is 677. The van der Waals surface area contributed by atoms with Crippen LogP contribution in [0.4, 0.5) is 5.69 Å². The van der Waals surface area contributed by atoms with Crippen molar-refractivity contribution >= 4 is 23.4 Å². The van der Waals surface area contributed by atoms with Crippen LogP contribution in [0.5, 0.6) is 5.75 Å². The van der Waals surface area contributed by atoms with Gasteiger partial charge < -0.3 is 15.0 Å². The minimum atomic E-state index is -0.391. The summed E-state index contributed by atoms with van der Waals surface area (Å²) >= 11 is 0. The normalized spacial score (nSPS) is 13.9. The van der Waals surface area contributed by atoms with E-state index in [-0.39, 0.29) is 30.9 Å². The number of anilines is 1. The molecule has 0 radical (unpaired) electrons. The highest BCUT2D eigenvalue weighted by Gasteiger charge is 2.29. The first kappa shape index (κ1) is 17.8. The molecule has 7 nitrogen and oxygen atoms in total. The molecule has 1 aliphatic heterocycles. The predicted octanol–water partition coefficient (Wildman–Crippen LogP) is 1.03. The molecule has 0 aromatic heterocycles. The predicted molar refractivity (Wildman–Crippen MR) is 90.2 cm³/mol. The zero-order chi connectivity index (χ0) is 18.1. The molecule has 0 bridgehead atoms. The average Bonchev–Trinajstić information content (AvgIpc) is 2.47. The second kappa shape index (κ2) is 6.51. The van der Waals surface area contributed by atoms with Gasteiger partial charge in [-0.3, -0.25) is 19.3 Å². The number of amides is 3. The van der Waals surface area contributed by atoms with Crippen LogP contribution in [-0.2, 0) is 9.59 Å². The van der Waals surface area contributed by atoms with Crippen molar-refractivity contribution in [1.82, 2.24) is 10.2 Å². The molecule has 1 heterocycles. The first-order chi connectivity index (χ1) is 11.1. The van der Waals surface area contributed by atoms with Crippen LogP contribution < -0.4 is 15.0 Å². The molecule has 0 saturated heterocycles. The van der Waals surface area contributed by atoms with Crippen molar-refractivity contribution in [3.8, 4) is 5.75 Å². The van der Waals surface area contributed by atoms with Crippen LogP contribution in [0.3, 0.4) is 0 Å². The number of rotatable bonds is 3. The fourth-order valence-electron chi connectivity index (χ4n) is 2.37. The number of hydrogen-bond donors (Lipinski definition) is 1. The van der Waals surface area contributed by atoms with Gasteiger partial charge in [0.15, 0.2) is 6.61 Å². The first-order valence-electron chi connectivity index (χ1n) is 7.68. The Hall–Kier alpha value is -2.57. The van der Waals surface area contributed by atoms with Crippen LogP contribution in [-0.4, -0.2) is 55.4 Å². The van der Waals surface area contributed by atoms with E-state index in [2.05, 4.69) is 5.32 Å². The monoisotopic (exact) mass is 333 g/mol. The summed E-state index contributed by atoms with van der Waals surface area (Å²) in [5, 5.41) is 2.82. The van der Waals surface area contributed by atoms with Gasteiger partial charge in [-0.1, -0.05) is 0 Å². The molecule has 3 amide bonds. The number of ether oxygens (including phenoxy) is 1. The quantitative estimate of drug-likeness (QED) is 0.896. The van der Waals surface area contributed by atoms with Crippen molar-refractivity contribution in [2.24, 2.45) is 0 Å². The van der Waals surface area contributed by atoms with Crippen molar-refractivity contribution in [3.63, 3.8) is 0 Å². The Labute approximate surface area is 141 Å². The number of fused-ring (bicyclic) bond motifs is 1. The molecular weight excluding hydrogens is 310 g/mol.